The van der Waals surface area contributed by atoms with Gasteiger partial charge in [0.05, 0.1) is 23.0 Å². The van der Waals surface area contributed by atoms with E-state index in [-0.39, 0.29) is 0 Å². The van der Waals surface area contributed by atoms with Gasteiger partial charge < -0.3 is 9.67 Å². The number of para-hydroxylation sites is 1. The molecular formula is C14H10N2O2. The number of aromatic nitrogens is 2. The van der Waals surface area contributed by atoms with Gasteiger partial charge in [0.25, 0.3) is 0 Å². The molecule has 1 aromatic carbocycles. The van der Waals surface area contributed by atoms with Gasteiger partial charge in [-0.15, -0.1) is 0 Å². The van der Waals surface area contributed by atoms with E-state index in [0.717, 1.165) is 16.6 Å². The average Bonchev–Trinajstić information content (AvgIpc) is 2.79. The molecule has 0 bridgehead atoms. The molecule has 0 aliphatic heterocycles. The summed E-state index contributed by atoms with van der Waals surface area (Å²) in [5.74, 6) is -0.922. The summed E-state index contributed by atoms with van der Waals surface area (Å²) < 4.78 is 1.84. The summed E-state index contributed by atoms with van der Waals surface area (Å²) in [4.78, 5) is 15.3. The Labute approximate surface area is 103 Å². The van der Waals surface area contributed by atoms with Crippen molar-refractivity contribution < 1.29 is 9.90 Å². The van der Waals surface area contributed by atoms with Crippen LogP contribution in [0.1, 0.15) is 10.4 Å². The summed E-state index contributed by atoms with van der Waals surface area (Å²) in [6.45, 7) is 0. The first-order chi connectivity index (χ1) is 8.77. The smallest absolute Gasteiger partial charge is 0.337 e. The standard InChI is InChI=1S/C14H10N2O2/c17-14(18)12-9-16(10-4-3-7-15-8-10)13-6-2-1-5-11(12)13/h1-9H,(H,17,18). The van der Waals surface area contributed by atoms with Crippen LogP contribution in [0, 0.1) is 0 Å². The lowest BCUT2D eigenvalue weighted by Crippen LogP contribution is -1.95. The minimum Gasteiger partial charge on any atom is -0.478 e. The van der Waals surface area contributed by atoms with Gasteiger partial charge in [0.15, 0.2) is 0 Å². The van der Waals surface area contributed by atoms with Crippen LogP contribution in [-0.2, 0) is 0 Å². The van der Waals surface area contributed by atoms with Crippen molar-refractivity contribution in [2.45, 2.75) is 0 Å². The van der Waals surface area contributed by atoms with E-state index in [1.165, 1.54) is 0 Å². The molecule has 3 rings (SSSR count). The van der Waals surface area contributed by atoms with Crippen molar-refractivity contribution in [2.75, 3.05) is 0 Å². The van der Waals surface area contributed by atoms with Gasteiger partial charge in [0.2, 0.25) is 0 Å². The Morgan fingerprint density at radius 2 is 2.00 bits per heavy atom. The fraction of sp³-hybridized carbons (Fsp3) is 0. The zero-order valence-electron chi connectivity index (χ0n) is 9.45. The van der Waals surface area contributed by atoms with Crippen LogP contribution < -0.4 is 0 Å². The molecule has 18 heavy (non-hydrogen) atoms. The van der Waals surface area contributed by atoms with Gasteiger partial charge in [-0.25, -0.2) is 4.79 Å². The molecule has 0 saturated carbocycles. The molecule has 1 N–H and O–H groups in total. The van der Waals surface area contributed by atoms with Crippen molar-refractivity contribution in [1.82, 2.24) is 9.55 Å². The van der Waals surface area contributed by atoms with E-state index in [1.807, 2.05) is 41.0 Å². The highest BCUT2D eigenvalue weighted by Crippen LogP contribution is 2.24. The van der Waals surface area contributed by atoms with Crippen LogP contribution in [0.25, 0.3) is 16.6 Å². The Morgan fingerprint density at radius 3 is 2.72 bits per heavy atom. The predicted molar refractivity (Wildman–Crippen MR) is 68.0 cm³/mol. The van der Waals surface area contributed by atoms with E-state index in [2.05, 4.69) is 4.98 Å². The first kappa shape index (κ1) is 10.5. The number of nitrogens with zero attached hydrogens (tertiary/aromatic N) is 2. The third-order valence-electron chi connectivity index (χ3n) is 2.87. The van der Waals surface area contributed by atoms with Gasteiger partial charge in [-0.3, -0.25) is 4.98 Å². The quantitative estimate of drug-likeness (QED) is 0.746. The van der Waals surface area contributed by atoms with Gasteiger partial charge in [0.1, 0.15) is 0 Å². The second-order valence-corrected chi connectivity index (χ2v) is 3.95. The Balaban J connectivity index is 2.34. The van der Waals surface area contributed by atoms with Crippen LogP contribution in [0.2, 0.25) is 0 Å². The highest BCUT2D eigenvalue weighted by atomic mass is 16.4. The van der Waals surface area contributed by atoms with Gasteiger partial charge >= 0.3 is 5.97 Å². The van der Waals surface area contributed by atoms with Crippen LogP contribution in [-0.4, -0.2) is 20.6 Å². The van der Waals surface area contributed by atoms with Crippen LogP contribution in [0.4, 0.5) is 0 Å². The molecule has 2 aromatic heterocycles. The highest BCUT2D eigenvalue weighted by molar-refractivity contribution is 6.04. The molecule has 0 aliphatic rings. The first-order valence-electron chi connectivity index (χ1n) is 5.51. The second kappa shape index (κ2) is 4.00. The summed E-state index contributed by atoms with van der Waals surface area (Å²) in [5, 5.41) is 9.94. The number of aromatic carboxylic acids is 1. The van der Waals surface area contributed by atoms with Crippen molar-refractivity contribution in [2.24, 2.45) is 0 Å². The summed E-state index contributed by atoms with van der Waals surface area (Å²) in [5.41, 5.74) is 2.01. The lowest BCUT2D eigenvalue weighted by molar-refractivity contribution is 0.0699. The van der Waals surface area contributed by atoms with E-state index in [9.17, 15) is 9.90 Å². The second-order valence-electron chi connectivity index (χ2n) is 3.95. The molecule has 4 heteroatoms. The Morgan fingerprint density at radius 1 is 1.17 bits per heavy atom. The number of hydrogen-bond donors (Lipinski definition) is 1. The van der Waals surface area contributed by atoms with Crippen LogP contribution >= 0.6 is 0 Å². The van der Waals surface area contributed by atoms with Crippen LogP contribution in [0.5, 0.6) is 0 Å². The van der Waals surface area contributed by atoms with E-state index in [4.69, 9.17) is 0 Å². The average molecular weight is 238 g/mol. The number of carbonyl (C=O) groups is 1. The van der Waals surface area contributed by atoms with Crippen molar-refractivity contribution in [1.29, 1.82) is 0 Å². The molecule has 0 radical (unpaired) electrons. The van der Waals surface area contributed by atoms with Crippen LogP contribution in [0.3, 0.4) is 0 Å². The maximum Gasteiger partial charge on any atom is 0.337 e. The van der Waals surface area contributed by atoms with E-state index < -0.39 is 5.97 Å². The highest BCUT2D eigenvalue weighted by Gasteiger charge is 2.14. The number of rotatable bonds is 2. The maximum atomic E-state index is 11.2. The van der Waals surface area contributed by atoms with Crippen molar-refractivity contribution in [3.8, 4) is 5.69 Å². The molecule has 0 atom stereocenters. The number of pyridine rings is 1. The largest absolute Gasteiger partial charge is 0.478 e. The van der Waals surface area contributed by atoms with Gasteiger partial charge in [-0.05, 0) is 18.2 Å². The fourth-order valence-electron chi connectivity index (χ4n) is 2.06. The fourth-order valence-corrected chi connectivity index (χ4v) is 2.06. The Bertz CT molecular complexity index is 717. The molecule has 4 nitrogen and oxygen atoms in total. The monoisotopic (exact) mass is 238 g/mol. The summed E-state index contributed by atoms with van der Waals surface area (Å²) in [6.07, 6.45) is 5.02. The molecule has 0 spiro atoms. The molecule has 0 aliphatic carbocycles. The van der Waals surface area contributed by atoms with Crippen molar-refractivity contribution in [3.63, 3.8) is 0 Å². The zero-order valence-corrected chi connectivity index (χ0v) is 9.45. The molecule has 3 aromatic rings. The van der Waals surface area contributed by atoms with E-state index in [1.54, 1.807) is 18.6 Å². The number of hydrogen-bond acceptors (Lipinski definition) is 2. The molecule has 0 amide bonds. The number of carboxylic acids is 1. The molecule has 0 fully saturated rings. The van der Waals surface area contributed by atoms with Crippen molar-refractivity contribution >= 4 is 16.9 Å². The molecule has 88 valence electrons. The number of fused-ring (bicyclic) bond motifs is 1. The molecular weight excluding hydrogens is 228 g/mol. The SMILES string of the molecule is O=C(O)c1cn(-c2cccnc2)c2ccccc12. The minimum absolute atomic E-state index is 0.300. The maximum absolute atomic E-state index is 11.2. The number of benzene rings is 1. The Kier molecular flexibility index (Phi) is 2.34. The van der Waals surface area contributed by atoms with Crippen LogP contribution in [0.15, 0.2) is 55.0 Å². The predicted octanol–water partition coefficient (Wildman–Crippen LogP) is 2.72. The molecule has 0 saturated heterocycles. The first-order valence-corrected chi connectivity index (χ1v) is 5.51. The number of carboxylic acid groups (broad SMARTS) is 1. The Hall–Kier alpha value is -2.62. The van der Waals surface area contributed by atoms with Crippen molar-refractivity contribution in [3.05, 3.63) is 60.6 Å². The normalized spacial score (nSPS) is 10.7. The summed E-state index contributed by atoms with van der Waals surface area (Å²) in [6, 6.07) is 11.2. The van der Waals surface area contributed by atoms with Gasteiger partial charge in [0, 0.05) is 17.8 Å². The minimum atomic E-state index is -0.922. The van der Waals surface area contributed by atoms with Gasteiger partial charge in [-0.1, -0.05) is 18.2 Å². The zero-order chi connectivity index (χ0) is 12.5. The third kappa shape index (κ3) is 1.55. The van der Waals surface area contributed by atoms with E-state index in [0.29, 0.717) is 5.56 Å². The topological polar surface area (TPSA) is 55.1 Å². The summed E-state index contributed by atoms with van der Waals surface area (Å²) in [7, 11) is 0. The molecule has 0 unspecified atom stereocenters. The summed E-state index contributed by atoms with van der Waals surface area (Å²) >= 11 is 0. The van der Waals surface area contributed by atoms with E-state index >= 15 is 0 Å². The molecule has 2 heterocycles. The van der Waals surface area contributed by atoms with Gasteiger partial charge in [-0.2, -0.15) is 0 Å². The lowest BCUT2D eigenvalue weighted by atomic mass is 10.2. The lowest BCUT2D eigenvalue weighted by Gasteiger charge is -2.03. The third-order valence-corrected chi connectivity index (χ3v) is 2.87.